The van der Waals surface area contributed by atoms with Gasteiger partial charge in [0, 0.05) is 25.2 Å². The van der Waals surface area contributed by atoms with Crippen LogP contribution in [0.1, 0.15) is 27.2 Å². The van der Waals surface area contributed by atoms with E-state index >= 15 is 0 Å². The average molecular weight is 248 g/mol. The summed E-state index contributed by atoms with van der Waals surface area (Å²) in [5, 5.41) is 3.49. The minimum absolute atomic E-state index is 0.172. The molecule has 0 aromatic heterocycles. The van der Waals surface area contributed by atoms with Gasteiger partial charge in [0.25, 0.3) is 0 Å². The second kappa shape index (κ2) is 5.61. The highest BCUT2D eigenvalue weighted by atomic mass is 16.5. The SMILES string of the molecule is CCOc1ccccc1N1CCNCC1(C)CC. The van der Waals surface area contributed by atoms with Crippen LogP contribution in [-0.4, -0.2) is 31.8 Å². The number of ether oxygens (including phenoxy) is 1. The molecule has 1 aliphatic heterocycles. The molecule has 1 fully saturated rings. The molecule has 1 aliphatic rings. The van der Waals surface area contributed by atoms with Crippen LogP contribution in [0.15, 0.2) is 24.3 Å². The molecule has 0 spiro atoms. The van der Waals surface area contributed by atoms with E-state index in [1.165, 1.54) is 5.69 Å². The maximum atomic E-state index is 5.77. The summed E-state index contributed by atoms with van der Waals surface area (Å²) in [4.78, 5) is 2.49. The van der Waals surface area contributed by atoms with Crippen LogP contribution in [0.5, 0.6) is 5.75 Å². The zero-order valence-corrected chi connectivity index (χ0v) is 11.7. The molecule has 1 aromatic rings. The number of rotatable bonds is 4. The van der Waals surface area contributed by atoms with E-state index in [9.17, 15) is 0 Å². The second-order valence-corrected chi connectivity index (χ2v) is 5.08. The standard InChI is InChI=1S/C15H24N2O/c1-4-15(3)12-16-10-11-17(15)13-8-6-7-9-14(13)18-5-2/h6-9,16H,4-5,10-12H2,1-3H3. The van der Waals surface area contributed by atoms with Gasteiger partial charge in [-0.1, -0.05) is 19.1 Å². The van der Waals surface area contributed by atoms with E-state index in [2.05, 4.69) is 42.3 Å². The fraction of sp³-hybridized carbons (Fsp3) is 0.600. The third-order valence-electron chi connectivity index (χ3n) is 3.89. The maximum Gasteiger partial charge on any atom is 0.142 e. The van der Waals surface area contributed by atoms with E-state index in [0.717, 1.165) is 31.8 Å². The van der Waals surface area contributed by atoms with Crippen molar-refractivity contribution in [1.29, 1.82) is 0 Å². The highest BCUT2D eigenvalue weighted by Gasteiger charge is 2.33. The van der Waals surface area contributed by atoms with Crippen LogP contribution in [0.25, 0.3) is 0 Å². The zero-order chi connectivity index (χ0) is 13.0. The monoisotopic (exact) mass is 248 g/mol. The molecule has 0 bridgehead atoms. The number of hydrogen-bond acceptors (Lipinski definition) is 3. The lowest BCUT2D eigenvalue weighted by atomic mass is 9.93. The number of hydrogen-bond donors (Lipinski definition) is 1. The predicted octanol–water partition coefficient (Wildman–Crippen LogP) is 2.66. The molecule has 0 aliphatic carbocycles. The minimum atomic E-state index is 0.172. The smallest absolute Gasteiger partial charge is 0.142 e. The Morgan fingerprint density at radius 1 is 1.33 bits per heavy atom. The van der Waals surface area contributed by atoms with Gasteiger partial charge in [0.2, 0.25) is 0 Å². The fourth-order valence-corrected chi connectivity index (χ4v) is 2.60. The fourth-order valence-electron chi connectivity index (χ4n) is 2.60. The molecular formula is C15H24N2O. The topological polar surface area (TPSA) is 24.5 Å². The number of para-hydroxylation sites is 2. The lowest BCUT2D eigenvalue weighted by Gasteiger charge is -2.46. The molecule has 1 unspecified atom stereocenters. The Labute approximate surface area is 110 Å². The van der Waals surface area contributed by atoms with Crippen LogP contribution in [0.4, 0.5) is 5.69 Å². The molecule has 3 nitrogen and oxygen atoms in total. The molecule has 0 amide bonds. The first-order chi connectivity index (χ1) is 8.71. The Morgan fingerprint density at radius 3 is 2.83 bits per heavy atom. The Hall–Kier alpha value is -1.22. The minimum Gasteiger partial charge on any atom is -0.492 e. The lowest BCUT2D eigenvalue weighted by Crippen LogP contribution is -2.59. The predicted molar refractivity (Wildman–Crippen MR) is 76.5 cm³/mol. The summed E-state index contributed by atoms with van der Waals surface area (Å²) < 4.78 is 5.77. The average Bonchev–Trinajstić information content (AvgIpc) is 2.41. The highest BCUT2D eigenvalue weighted by molar-refractivity contribution is 5.60. The first kappa shape index (κ1) is 13.2. The molecule has 100 valence electrons. The first-order valence-electron chi connectivity index (χ1n) is 6.91. The highest BCUT2D eigenvalue weighted by Crippen LogP contribution is 2.35. The van der Waals surface area contributed by atoms with Gasteiger partial charge in [0.05, 0.1) is 12.3 Å². The quantitative estimate of drug-likeness (QED) is 0.886. The summed E-state index contributed by atoms with van der Waals surface area (Å²) in [6, 6.07) is 8.37. The van der Waals surface area contributed by atoms with Crippen LogP contribution in [0.2, 0.25) is 0 Å². The van der Waals surface area contributed by atoms with Crippen LogP contribution in [-0.2, 0) is 0 Å². The van der Waals surface area contributed by atoms with Crippen LogP contribution >= 0.6 is 0 Å². The van der Waals surface area contributed by atoms with E-state index in [1.54, 1.807) is 0 Å². The number of benzene rings is 1. The van der Waals surface area contributed by atoms with Gasteiger partial charge >= 0.3 is 0 Å². The second-order valence-electron chi connectivity index (χ2n) is 5.08. The molecule has 18 heavy (non-hydrogen) atoms. The molecule has 1 N–H and O–H groups in total. The number of nitrogens with zero attached hydrogens (tertiary/aromatic N) is 1. The van der Waals surface area contributed by atoms with Crippen LogP contribution in [0, 0.1) is 0 Å². The normalized spacial score (nSPS) is 24.1. The molecule has 0 saturated carbocycles. The number of nitrogens with one attached hydrogen (secondary N) is 1. The van der Waals surface area contributed by atoms with Crippen molar-refractivity contribution in [2.75, 3.05) is 31.1 Å². The van der Waals surface area contributed by atoms with Gasteiger partial charge in [-0.15, -0.1) is 0 Å². The molecule has 1 heterocycles. The number of piperazine rings is 1. The molecule has 2 rings (SSSR count). The van der Waals surface area contributed by atoms with E-state index in [4.69, 9.17) is 4.74 Å². The van der Waals surface area contributed by atoms with E-state index in [1.807, 2.05) is 13.0 Å². The van der Waals surface area contributed by atoms with Crippen molar-refractivity contribution in [3.63, 3.8) is 0 Å². The van der Waals surface area contributed by atoms with Gasteiger partial charge in [-0.3, -0.25) is 0 Å². The van der Waals surface area contributed by atoms with Crippen molar-refractivity contribution >= 4 is 5.69 Å². The maximum absolute atomic E-state index is 5.77. The first-order valence-corrected chi connectivity index (χ1v) is 6.91. The van der Waals surface area contributed by atoms with Crippen molar-refractivity contribution in [3.05, 3.63) is 24.3 Å². The van der Waals surface area contributed by atoms with Crippen molar-refractivity contribution < 1.29 is 4.74 Å². The van der Waals surface area contributed by atoms with E-state index in [0.29, 0.717) is 6.61 Å². The van der Waals surface area contributed by atoms with Gasteiger partial charge in [-0.05, 0) is 32.4 Å². The molecule has 0 radical (unpaired) electrons. The van der Waals surface area contributed by atoms with Crippen LogP contribution in [0.3, 0.4) is 0 Å². The third kappa shape index (κ3) is 2.46. The number of anilines is 1. The molecule has 1 atom stereocenters. The molecule has 1 aromatic carbocycles. The summed E-state index contributed by atoms with van der Waals surface area (Å²) in [6.07, 6.45) is 1.13. The Morgan fingerprint density at radius 2 is 2.11 bits per heavy atom. The Kier molecular flexibility index (Phi) is 4.12. The lowest BCUT2D eigenvalue weighted by molar-refractivity contribution is 0.319. The Balaban J connectivity index is 2.33. The van der Waals surface area contributed by atoms with Crippen molar-refractivity contribution in [2.45, 2.75) is 32.7 Å². The summed E-state index contributed by atoms with van der Waals surface area (Å²) in [5.41, 5.74) is 1.40. The Bertz CT molecular complexity index is 394. The van der Waals surface area contributed by atoms with Gasteiger partial charge in [0.1, 0.15) is 5.75 Å². The van der Waals surface area contributed by atoms with E-state index < -0.39 is 0 Å². The molecular weight excluding hydrogens is 224 g/mol. The van der Waals surface area contributed by atoms with Gasteiger partial charge in [0.15, 0.2) is 0 Å². The van der Waals surface area contributed by atoms with Gasteiger partial charge < -0.3 is 15.0 Å². The van der Waals surface area contributed by atoms with Crippen molar-refractivity contribution in [2.24, 2.45) is 0 Å². The van der Waals surface area contributed by atoms with Crippen molar-refractivity contribution in [1.82, 2.24) is 5.32 Å². The van der Waals surface area contributed by atoms with Gasteiger partial charge in [-0.25, -0.2) is 0 Å². The largest absolute Gasteiger partial charge is 0.492 e. The summed E-state index contributed by atoms with van der Waals surface area (Å²) >= 11 is 0. The van der Waals surface area contributed by atoms with Crippen molar-refractivity contribution in [3.8, 4) is 5.75 Å². The molecule has 3 heteroatoms. The zero-order valence-electron chi connectivity index (χ0n) is 11.7. The van der Waals surface area contributed by atoms with Gasteiger partial charge in [-0.2, -0.15) is 0 Å². The summed E-state index contributed by atoms with van der Waals surface area (Å²) in [6.45, 7) is 10.4. The van der Waals surface area contributed by atoms with E-state index in [-0.39, 0.29) is 5.54 Å². The summed E-state index contributed by atoms with van der Waals surface area (Å²) in [5.74, 6) is 1.00. The molecule has 1 saturated heterocycles. The summed E-state index contributed by atoms with van der Waals surface area (Å²) in [7, 11) is 0. The van der Waals surface area contributed by atoms with Crippen LogP contribution < -0.4 is 15.0 Å². The third-order valence-corrected chi connectivity index (χ3v) is 3.89.